The molecular formula is C13H14FN3O2. The smallest absolute Gasteiger partial charge is 0.313 e. The Balaban J connectivity index is 2.36. The summed E-state index contributed by atoms with van der Waals surface area (Å²) in [6.45, 7) is 3.74. The Bertz CT molecular complexity index is 653. The van der Waals surface area contributed by atoms with Gasteiger partial charge in [0.15, 0.2) is 0 Å². The van der Waals surface area contributed by atoms with Crippen LogP contribution in [0.5, 0.6) is 11.6 Å². The summed E-state index contributed by atoms with van der Waals surface area (Å²) in [5.74, 6) is -0.518. The van der Waals surface area contributed by atoms with Gasteiger partial charge < -0.3 is 15.0 Å². The van der Waals surface area contributed by atoms with E-state index in [1.165, 1.54) is 22.9 Å². The van der Waals surface area contributed by atoms with Gasteiger partial charge in [-0.2, -0.15) is 0 Å². The van der Waals surface area contributed by atoms with Gasteiger partial charge in [0.25, 0.3) is 5.88 Å². The second-order valence-corrected chi connectivity index (χ2v) is 4.32. The molecular weight excluding hydrogens is 249 g/mol. The summed E-state index contributed by atoms with van der Waals surface area (Å²) >= 11 is 0. The Morgan fingerprint density at radius 2 is 2.16 bits per heavy atom. The lowest BCUT2D eigenvalue weighted by Crippen LogP contribution is -2.23. The first-order valence-electron chi connectivity index (χ1n) is 5.79. The quantitative estimate of drug-likeness (QED) is 0.863. The number of hydrogen-bond donors (Lipinski definition) is 1. The van der Waals surface area contributed by atoms with Crippen LogP contribution in [0.25, 0.3) is 0 Å². The van der Waals surface area contributed by atoms with Crippen molar-refractivity contribution in [3.05, 3.63) is 46.8 Å². The summed E-state index contributed by atoms with van der Waals surface area (Å²) in [5, 5.41) is 0. The van der Waals surface area contributed by atoms with Crippen molar-refractivity contribution in [2.45, 2.75) is 19.9 Å². The van der Waals surface area contributed by atoms with E-state index in [1.54, 1.807) is 6.20 Å². The molecule has 0 spiro atoms. The molecule has 0 bridgehead atoms. The van der Waals surface area contributed by atoms with Gasteiger partial charge in [0.1, 0.15) is 11.6 Å². The molecule has 0 aliphatic rings. The van der Waals surface area contributed by atoms with Crippen LogP contribution in [-0.2, 0) is 0 Å². The topological polar surface area (TPSA) is 70.1 Å². The van der Waals surface area contributed by atoms with Gasteiger partial charge in [-0.05, 0) is 26.0 Å². The average Bonchev–Trinajstić information content (AvgIpc) is 2.36. The van der Waals surface area contributed by atoms with Crippen molar-refractivity contribution in [2.24, 2.45) is 0 Å². The van der Waals surface area contributed by atoms with Crippen LogP contribution in [0.4, 0.5) is 10.1 Å². The number of rotatable bonds is 3. The molecule has 1 aromatic carbocycles. The van der Waals surface area contributed by atoms with Crippen LogP contribution >= 0.6 is 0 Å². The van der Waals surface area contributed by atoms with Gasteiger partial charge >= 0.3 is 5.56 Å². The van der Waals surface area contributed by atoms with E-state index in [1.807, 2.05) is 13.8 Å². The van der Waals surface area contributed by atoms with E-state index in [4.69, 9.17) is 10.5 Å². The summed E-state index contributed by atoms with van der Waals surface area (Å²) in [4.78, 5) is 15.9. The van der Waals surface area contributed by atoms with Crippen LogP contribution in [0.2, 0.25) is 0 Å². The van der Waals surface area contributed by atoms with Crippen LogP contribution < -0.4 is 16.0 Å². The minimum Gasteiger partial charge on any atom is -0.435 e. The van der Waals surface area contributed by atoms with Gasteiger partial charge in [0, 0.05) is 24.5 Å². The third-order valence-corrected chi connectivity index (χ3v) is 2.58. The molecule has 2 N–H and O–H groups in total. The molecule has 0 aliphatic heterocycles. The molecule has 0 aliphatic carbocycles. The zero-order chi connectivity index (χ0) is 14.0. The zero-order valence-electron chi connectivity index (χ0n) is 10.6. The number of benzene rings is 1. The van der Waals surface area contributed by atoms with Gasteiger partial charge in [0.05, 0.1) is 5.69 Å². The van der Waals surface area contributed by atoms with Gasteiger partial charge in [-0.15, -0.1) is 0 Å². The van der Waals surface area contributed by atoms with Gasteiger partial charge in [-0.1, -0.05) is 0 Å². The summed E-state index contributed by atoms with van der Waals surface area (Å²) in [5.41, 5.74) is 5.02. The number of halogens is 1. The average molecular weight is 263 g/mol. The van der Waals surface area contributed by atoms with E-state index < -0.39 is 5.82 Å². The fourth-order valence-electron chi connectivity index (χ4n) is 1.57. The van der Waals surface area contributed by atoms with E-state index in [-0.39, 0.29) is 28.9 Å². The molecule has 5 nitrogen and oxygen atoms in total. The SMILES string of the molecule is CC(C)n1ccnc(Oc2ccc(N)c(F)c2)c1=O. The van der Waals surface area contributed by atoms with Gasteiger partial charge in [-0.25, -0.2) is 9.37 Å². The van der Waals surface area contributed by atoms with Crippen molar-refractivity contribution in [3.8, 4) is 11.6 Å². The number of hydrogen-bond acceptors (Lipinski definition) is 4. The maximum absolute atomic E-state index is 13.3. The Morgan fingerprint density at radius 3 is 2.79 bits per heavy atom. The predicted molar refractivity (Wildman–Crippen MR) is 69.8 cm³/mol. The fraction of sp³-hybridized carbons (Fsp3) is 0.231. The number of nitrogen functional groups attached to an aromatic ring is 1. The highest BCUT2D eigenvalue weighted by atomic mass is 19.1. The number of anilines is 1. The molecule has 0 radical (unpaired) electrons. The highest BCUT2D eigenvalue weighted by Crippen LogP contribution is 2.21. The van der Waals surface area contributed by atoms with Crippen molar-refractivity contribution < 1.29 is 9.13 Å². The lowest BCUT2D eigenvalue weighted by molar-refractivity contribution is 0.434. The van der Waals surface area contributed by atoms with Crippen molar-refractivity contribution in [1.82, 2.24) is 9.55 Å². The van der Waals surface area contributed by atoms with Crippen LogP contribution in [0, 0.1) is 5.82 Å². The van der Waals surface area contributed by atoms with Crippen LogP contribution in [0.15, 0.2) is 35.4 Å². The molecule has 0 saturated carbocycles. The molecule has 19 heavy (non-hydrogen) atoms. The molecule has 0 amide bonds. The summed E-state index contributed by atoms with van der Waals surface area (Å²) in [6, 6.07) is 3.95. The first-order chi connectivity index (χ1) is 8.99. The molecule has 0 saturated heterocycles. The molecule has 0 unspecified atom stereocenters. The minimum atomic E-state index is -0.599. The molecule has 0 fully saturated rings. The van der Waals surface area contributed by atoms with Crippen molar-refractivity contribution in [1.29, 1.82) is 0 Å². The first-order valence-corrected chi connectivity index (χ1v) is 5.79. The number of aromatic nitrogens is 2. The fourth-order valence-corrected chi connectivity index (χ4v) is 1.57. The Hall–Kier alpha value is -2.37. The molecule has 0 atom stereocenters. The van der Waals surface area contributed by atoms with Crippen molar-refractivity contribution in [2.75, 3.05) is 5.73 Å². The third kappa shape index (κ3) is 2.73. The van der Waals surface area contributed by atoms with Crippen molar-refractivity contribution >= 4 is 5.69 Å². The molecule has 1 aromatic heterocycles. The van der Waals surface area contributed by atoms with E-state index >= 15 is 0 Å². The van der Waals surface area contributed by atoms with E-state index in [0.717, 1.165) is 6.07 Å². The summed E-state index contributed by atoms with van der Waals surface area (Å²) in [6.07, 6.45) is 3.04. The zero-order valence-corrected chi connectivity index (χ0v) is 10.6. The number of ether oxygens (including phenoxy) is 1. The second-order valence-electron chi connectivity index (χ2n) is 4.32. The van der Waals surface area contributed by atoms with Crippen LogP contribution in [-0.4, -0.2) is 9.55 Å². The summed E-state index contributed by atoms with van der Waals surface area (Å²) in [7, 11) is 0. The maximum Gasteiger partial charge on any atom is 0.313 e. The minimum absolute atomic E-state index is 0.0130. The van der Waals surface area contributed by atoms with E-state index in [0.29, 0.717) is 0 Å². The molecule has 2 rings (SSSR count). The lowest BCUT2D eigenvalue weighted by Gasteiger charge is -2.11. The Labute approximate surface area is 109 Å². The lowest BCUT2D eigenvalue weighted by atomic mass is 10.3. The largest absolute Gasteiger partial charge is 0.435 e. The van der Waals surface area contributed by atoms with Crippen LogP contribution in [0.1, 0.15) is 19.9 Å². The number of nitrogens with zero attached hydrogens (tertiary/aromatic N) is 2. The third-order valence-electron chi connectivity index (χ3n) is 2.58. The van der Waals surface area contributed by atoms with E-state index in [9.17, 15) is 9.18 Å². The number of nitrogens with two attached hydrogens (primary N) is 1. The molecule has 6 heteroatoms. The normalized spacial score (nSPS) is 10.7. The van der Waals surface area contributed by atoms with Gasteiger partial charge in [0.2, 0.25) is 0 Å². The molecule has 100 valence electrons. The van der Waals surface area contributed by atoms with Gasteiger partial charge in [-0.3, -0.25) is 4.79 Å². The van der Waals surface area contributed by atoms with E-state index in [2.05, 4.69) is 4.98 Å². The Morgan fingerprint density at radius 1 is 1.42 bits per heavy atom. The molecule has 2 aromatic rings. The highest BCUT2D eigenvalue weighted by Gasteiger charge is 2.10. The van der Waals surface area contributed by atoms with Crippen molar-refractivity contribution in [3.63, 3.8) is 0 Å². The monoisotopic (exact) mass is 263 g/mol. The van der Waals surface area contributed by atoms with Crippen LogP contribution in [0.3, 0.4) is 0 Å². The second kappa shape index (κ2) is 5.09. The predicted octanol–water partition coefficient (Wildman–Crippen LogP) is 2.34. The highest BCUT2D eigenvalue weighted by molar-refractivity contribution is 5.44. The molecule has 1 heterocycles. The first kappa shape index (κ1) is 13.1. The maximum atomic E-state index is 13.3. The standard InChI is InChI=1S/C13H14FN3O2/c1-8(2)17-6-5-16-12(13(17)18)19-9-3-4-11(15)10(14)7-9/h3-8H,15H2,1-2H3. The summed E-state index contributed by atoms with van der Waals surface area (Å²) < 4.78 is 20.1. The Kier molecular flexibility index (Phi) is 3.50.